The molecule has 124 valence electrons. The average Bonchev–Trinajstić information content (AvgIpc) is 2.89. The van der Waals surface area contributed by atoms with Crippen LogP contribution in [0.2, 0.25) is 0 Å². The van der Waals surface area contributed by atoms with Crippen LogP contribution in [0, 0.1) is 0 Å². The number of hydrogen-bond acceptors (Lipinski definition) is 7. The second-order valence-electron chi connectivity index (χ2n) is 5.39. The van der Waals surface area contributed by atoms with Crippen molar-refractivity contribution in [3.63, 3.8) is 0 Å². The van der Waals surface area contributed by atoms with E-state index in [4.69, 9.17) is 10.8 Å². The first-order valence-corrected chi connectivity index (χ1v) is 7.15. The molecule has 0 saturated carbocycles. The van der Waals surface area contributed by atoms with Crippen LogP contribution in [0.25, 0.3) is 11.2 Å². The minimum atomic E-state index is -1.06. The number of hydrogen-bond donors (Lipinski definition) is 3. The molecule has 1 aliphatic heterocycles. The van der Waals surface area contributed by atoms with Crippen molar-refractivity contribution in [3.8, 4) is 0 Å². The lowest BCUT2D eigenvalue weighted by atomic mass is 10.2. The Hall–Kier alpha value is -3.82. The van der Waals surface area contributed by atoms with Gasteiger partial charge in [0.15, 0.2) is 16.9 Å². The van der Waals surface area contributed by atoms with Crippen molar-refractivity contribution in [2.45, 2.75) is 6.54 Å². The molecule has 0 aliphatic carbocycles. The number of carboxylic acid groups (broad SMARTS) is 1. The van der Waals surface area contributed by atoms with Crippen molar-refractivity contribution >= 4 is 34.7 Å². The van der Waals surface area contributed by atoms with Gasteiger partial charge in [-0.3, -0.25) is 14.6 Å². The van der Waals surface area contributed by atoms with E-state index in [-0.39, 0.29) is 34.9 Å². The quantitative estimate of drug-likeness (QED) is 0.596. The number of aromatic nitrogens is 4. The molecule has 1 amide bonds. The zero-order valence-electron chi connectivity index (χ0n) is 12.6. The molecule has 0 radical (unpaired) electrons. The van der Waals surface area contributed by atoms with Crippen LogP contribution in [0.4, 0.5) is 11.6 Å². The standard InChI is InChI=1S/C15H10N6O4/c16-15-19-11-10(12(22)20-15)18-9-8(17-11)5-21(13(9)23)7-3-1-6(2-4-7)14(24)25/h1-4H,5H2,(H,24,25)(H3,16,17,19,20,22). The SMILES string of the molecule is Nc1nc2nc3c(nc2c(=O)[nH]1)C(=O)N(c1ccc(C(=O)O)cc1)C3. The van der Waals surface area contributed by atoms with Crippen LogP contribution in [-0.2, 0) is 6.54 Å². The summed E-state index contributed by atoms with van der Waals surface area (Å²) >= 11 is 0. The van der Waals surface area contributed by atoms with Crippen LogP contribution in [0.3, 0.4) is 0 Å². The van der Waals surface area contributed by atoms with Crippen LogP contribution in [0.15, 0.2) is 29.1 Å². The van der Waals surface area contributed by atoms with Crippen molar-refractivity contribution in [2.24, 2.45) is 0 Å². The van der Waals surface area contributed by atoms with Gasteiger partial charge in [-0.15, -0.1) is 0 Å². The molecule has 3 aromatic rings. The number of aromatic carboxylic acids is 1. The zero-order valence-corrected chi connectivity index (χ0v) is 12.6. The number of fused-ring (bicyclic) bond motifs is 2. The first kappa shape index (κ1) is 14.8. The number of carbonyl (C=O) groups excluding carboxylic acids is 1. The number of H-pyrrole nitrogens is 1. The van der Waals surface area contributed by atoms with Gasteiger partial charge in [0.2, 0.25) is 5.95 Å². The van der Waals surface area contributed by atoms with Crippen LogP contribution in [0.5, 0.6) is 0 Å². The van der Waals surface area contributed by atoms with E-state index in [1.165, 1.54) is 29.2 Å². The highest BCUT2D eigenvalue weighted by Crippen LogP contribution is 2.27. The Bertz CT molecular complexity index is 1110. The van der Waals surface area contributed by atoms with Gasteiger partial charge in [-0.05, 0) is 24.3 Å². The third-order valence-corrected chi connectivity index (χ3v) is 3.81. The highest BCUT2D eigenvalue weighted by Gasteiger charge is 2.32. The summed E-state index contributed by atoms with van der Waals surface area (Å²) in [5, 5.41) is 8.94. The number of carbonyl (C=O) groups is 2. The largest absolute Gasteiger partial charge is 0.478 e. The molecule has 1 aliphatic rings. The van der Waals surface area contributed by atoms with Gasteiger partial charge in [0.05, 0.1) is 17.8 Å². The molecule has 0 spiro atoms. The monoisotopic (exact) mass is 338 g/mol. The molecule has 3 heterocycles. The zero-order chi connectivity index (χ0) is 17.7. The molecular weight excluding hydrogens is 328 g/mol. The molecule has 0 atom stereocenters. The molecule has 4 N–H and O–H groups in total. The fourth-order valence-electron chi connectivity index (χ4n) is 2.63. The van der Waals surface area contributed by atoms with Gasteiger partial charge in [-0.1, -0.05) is 0 Å². The number of benzene rings is 1. The fraction of sp³-hybridized carbons (Fsp3) is 0.0667. The molecule has 0 bridgehead atoms. The lowest BCUT2D eigenvalue weighted by Crippen LogP contribution is -2.23. The van der Waals surface area contributed by atoms with Crippen LogP contribution < -0.4 is 16.2 Å². The average molecular weight is 338 g/mol. The summed E-state index contributed by atoms with van der Waals surface area (Å²) in [6, 6.07) is 5.85. The third-order valence-electron chi connectivity index (χ3n) is 3.81. The summed E-state index contributed by atoms with van der Waals surface area (Å²) < 4.78 is 0. The van der Waals surface area contributed by atoms with E-state index in [9.17, 15) is 14.4 Å². The van der Waals surface area contributed by atoms with Gasteiger partial charge in [0.1, 0.15) is 0 Å². The maximum Gasteiger partial charge on any atom is 0.335 e. The third kappa shape index (κ3) is 2.27. The van der Waals surface area contributed by atoms with E-state index >= 15 is 0 Å². The van der Waals surface area contributed by atoms with Crippen LogP contribution in [-0.4, -0.2) is 36.9 Å². The number of aromatic amines is 1. The minimum absolute atomic E-state index is 0.0619. The van der Waals surface area contributed by atoms with E-state index < -0.39 is 17.4 Å². The predicted octanol–water partition coefficient (Wildman–Crippen LogP) is 0.154. The fourth-order valence-corrected chi connectivity index (χ4v) is 2.63. The van der Waals surface area contributed by atoms with Gasteiger partial charge >= 0.3 is 5.97 Å². The normalized spacial score (nSPS) is 13.3. The van der Waals surface area contributed by atoms with Crippen molar-refractivity contribution in [3.05, 3.63) is 51.6 Å². The molecule has 25 heavy (non-hydrogen) atoms. The summed E-state index contributed by atoms with van der Waals surface area (Å²) in [7, 11) is 0. The Balaban J connectivity index is 1.78. The first-order chi connectivity index (χ1) is 11.9. The van der Waals surface area contributed by atoms with Crippen LogP contribution >= 0.6 is 0 Å². The lowest BCUT2D eigenvalue weighted by molar-refractivity contribution is 0.0696. The van der Waals surface area contributed by atoms with Gasteiger partial charge in [0.25, 0.3) is 11.5 Å². The van der Waals surface area contributed by atoms with E-state index in [1.807, 2.05) is 0 Å². The lowest BCUT2D eigenvalue weighted by Gasteiger charge is -2.14. The van der Waals surface area contributed by atoms with E-state index in [0.29, 0.717) is 11.4 Å². The number of amides is 1. The number of anilines is 2. The Morgan fingerprint density at radius 1 is 1.16 bits per heavy atom. The molecule has 1 aromatic carbocycles. The molecule has 4 rings (SSSR count). The summed E-state index contributed by atoms with van der Waals surface area (Å²) in [5.41, 5.74) is 5.97. The maximum atomic E-state index is 12.6. The summed E-state index contributed by atoms with van der Waals surface area (Å²) in [5.74, 6) is -1.57. The highest BCUT2D eigenvalue weighted by molar-refractivity contribution is 6.09. The molecule has 2 aromatic heterocycles. The van der Waals surface area contributed by atoms with Gasteiger partial charge in [-0.25, -0.2) is 14.8 Å². The van der Waals surface area contributed by atoms with Gasteiger partial charge in [-0.2, -0.15) is 4.98 Å². The summed E-state index contributed by atoms with van der Waals surface area (Å²) in [6.45, 7) is 0.137. The number of nitrogens with zero attached hydrogens (tertiary/aromatic N) is 4. The molecule has 10 heteroatoms. The Kier molecular flexibility index (Phi) is 3.01. The van der Waals surface area contributed by atoms with Crippen molar-refractivity contribution < 1.29 is 14.7 Å². The first-order valence-electron chi connectivity index (χ1n) is 7.15. The number of rotatable bonds is 2. The maximum absolute atomic E-state index is 12.6. The minimum Gasteiger partial charge on any atom is -0.478 e. The number of nitrogens with two attached hydrogens (primary N) is 1. The number of carboxylic acids is 1. The van der Waals surface area contributed by atoms with Crippen molar-refractivity contribution in [1.29, 1.82) is 0 Å². The predicted molar refractivity (Wildman–Crippen MR) is 86.3 cm³/mol. The van der Waals surface area contributed by atoms with E-state index in [2.05, 4.69) is 19.9 Å². The topological polar surface area (TPSA) is 155 Å². The van der Waals surface area contributed by atoms with E-state index in [1.54, 1.807) is 0 Å². The second-order valence-corrected chi connectivity index (χ2v) is 5.39. The summed E-state index contributed by atoms with van der Waals surface area (Å²) in [4.78, 5) is 51.3. The number of nitrogens with one attached hydrogen (secondary N) is 1. The Morgan fingerprint density at radius 2 is 1.88 bits per heavy atom. The molecule has 0 unspecified atom stereocenters. The summed E-state index contributed by atoms with van der Waals surface area (Å²) in [6.07, 6.45) is 0. The Labute approximate surface area is 139 Å². The molecule has 10 nitrogen and oxygen atoms in total. The smallest absolute Gasteiger partial charge is 0.335 e. The molecular formula is C15H10N6O4. The molecule has 0 saturated heterocycles. The van der Waals surface area contributed by atoms with Gasteiger partial charge in [0, 0.05) is 5.69 Å². The van der Waals surface area contributed by atoms with E-state index in [0.717, 1.165) is 0 Å². The van der Waals surface area contributed by atoms with Crippen LogP contribution in [0.1, 0.15) is 26.5 Å². The molecule has 0 fully saturated rings. The Morgan fingerprint density at radius 3 is 2.56 bits per heavy atom. The van der Waals surface area contributed by atoms with Crippen molar-refractivity contribution in [2.75, 3.05) is 10.6 Å². The highest BCUT2D eigenvalue weighted by atomic mass is 16.4. The second kappa shape index (κ2) is 5.09. The number of nitrogen functional groups attached to an aromatic ring is 1. The van der Waals surface area contributed by atoms with Gasteiger partial charge < -0.3 is 15.7 Å². The van der Waals surface area contributed by atoms with Crippen molar-refractivity contribution in [1.82, 2.24) is 19.9 Å².